The smallest absolute Gasteiger partial charge is 0.339 e. The molecule has 110 valence electrons. The second kappa shape index (κ2) is 5.83. The molecule has 0 heterocycles. The van der Waals surface area contributed by atoms with Gasteiger partial charge in [0.2, 0.25) is 0 Å². The summed E-state index contributed by atoms with van der Waals surface area (Å²) in [5.74, 6) is -1.08. The molecule has 2 aromatic carbocycles. The van der Waals surface area contributed by atoms with Gasteiger partial charge >= 0.3 is 5.97 Å². The number of rotatable bonds is 4. The van der Waals surface area contributed by atoms with Crippen LogP contribution in [-0.4, -0.2) is 42.1 Å². The van der Waals surface area contributed by atoms with Crippen LogP contribution in [0, 0.1) is 0 Å². The fraction of sp³-hybridized carbons (Fsp3) is 0.250. The first-order chi connectivity index (χ1) is 9.91. The highest BCUT2D eigenvalue weighted by Crippen LogP contribution is 2.31. The van der Waals surface area contributed by atoms with Crippen molar-refractivity contribution in [3.8, 4) is 5.75 Å². The molecule has 0 aliphatic carbocycles. The van der Waals surface area contributed by atoms with Crippen molar-refractivity contribution in [1.29, 1.82) is 0 Å². The molecule has 2 rings (SSSR count). The average Bonchev–Trinajstić information content (AvgIpc) is 2.46. The first-order valence-corrected chi connectivity index (χ1v) is 6.54. The normalized spacial score (nSPS) is 12.0. The van der Waals surface area contributed by atoms with Gasteiger partial charge in [0, 0.05) is 19.5 Å². The fourth-order valence-corrected chi connectivity index (χ4v) is 2.13. The predicted molar refractivity (Wildman–Crippen MR) is 79.7 cm³/mol. The number of carbonyl (C=O) groups is 2. The van der Waals surface area contributed by atoms with Gasteiger partial charge in [0.15, 0.2) is 6.10 Å². The molecule has 1 amide bonds. The molecule has 0 aromatic heterocycles. The maximum Gasteiger partial charge on any atom is 0.339 e. The molecule has 5 nitrogen and oxygen atoms in total. The van der Waals surface area contributed by atoms with Crippen molar-refractivity contribution in [2.75, 3.05) is 14.1 Å². The molecule has 0 bridgehead atoms. The van der Waals surface area contributed by atoms with E-state index < -0.39 is 12.1 Å². The van der Waals surface area contributed by atoms with Crippen molar-refractivity contribution in [3.63, 3.8) is 0 Å². The van der Waals surface area contributed by atoms with E-state index in [2.05, 4.69) is 0 Å². The van der Waals surface area contributed by atoms with Crippen molar-refractivity contribution in [1.82, 2.24) is 4.90 Å². The minimum atomic E-state index is -1.08. The standard InChI is InChI=1S/C16H17NO4/c1-10(15(18)17(2)3)21-14-12-7-5-4-6-11(12)8-9-13(14)16(19)20/h4-10H,1-3H3,(H,19,20). The Bertz CT molecular complexity index is 694. The van der Waals surface area contributed by atoms with Gasteiger partial charge < -0.3 is 14.7 Å². The third-order valence-corrected chi connectivity index (χ3v) is 3.19. The van der Waals surface area contributed by atoms with Crippen LogP contribution in [0.2, 0.25) is 0 Å². The monoisotopic (exact) mass is 287 g/mol. The Morgan fingerprint density at radius 1 is 1.14 bits per heavy atom. The molecule has 21 heavy (non-hydrogen) atoms. The first kappa shape index (κ1) is 14.8. The SMILES string of the molecule is CC(Oc1c(C(=O)O)ccc2ccccc12)C(=O)N(C)C. The maximum atomic E-state index is 11.9. The summed E-state index contributed by atoms with van der Waals surface area (Å²) in [6, 6.07) is 10.5. The molecule has 0 aliphatic heterocycles. The molecule has 0 aliphatic rings. The number of likely N-dealkylation sites (N-methyl/N-ethyl adjacent to an activating group) is 1. The molecule has 0 saturated heterocycles. The minimum absolute atomic E-state index is 0.0482. The lowest BCUT2D eigenvalue weighted by molar-refractivity contribution is -0.135. The highest BCUT2D eigenvalue weighted by molar-refractivity contribution is 6.00. The van der Waals surface area contributed by atoms with Gasteiger partial charge in [-0.15, -0.1) is 0 Å². The van der Waals surface area contributed by atoms with E-state index in [1.807, 2.05) is 12.1 Å². The summed E-state index contributed by atoms with van der Waals surface area (Å²) in [7, 11) is 3.26. The Kier molecular flexibility index (Phi) is 4.12. The van der Waals surface area contributed by atoms with Crippen LogP contribution in [-0.2, 0) is 4.79 Å². The Labute approximate surface area is 122 Å². The van der Waals surface area contributed by atoms with Crippen LogP contribution >= 0.6 is 0 Å². The molecular weight excluding hydrogens is 270 g/mol. The lowest BCUT2D eigenvalue weighted by Crippen LogP contribution is -2.35. The van der Waals surface area contributed by atoms with Crippen molar-refractivity contribution in [2.24, 2.45) is 0 Å². The quantitative estimate of drug-likeness (QED) is 0.937. The van der Waals surface area contributed by atoms with E-state index in [4.69, 9.17) is 4.74 Å². The van der Waals surface area contributed by atoms with Crippen LogP contribution in [0.25, 0.3) is 10.8 Å². The Hall–Kier alpha value is -2.56. The number of aromatic carboxylic acids is 1. The number of amides is 1. The summed E-state index contributed by atoms with van der Waals surface area (Å²) in [5, 5.41) is 10.9. The van der Waals surface area contributed by atoms with Gasteiger partial charge in [-0.25, -0.2) is 4.79 Å². The minimum Gasteiger partial charge on any atom is -0.479 e. The molecule has 1 N–H and O–H groups in total. The average molecular weight is 287 g/mol. The summed E-state index contributed by atoms with van der Waals surface area (Å²) < 4.78 is 5.67. The number of fused-ring (bicyclic) bond motifs is 1. The van der Waals surface area contributed by atoms with Crippen molar-refractivity contribution in [2.45, 2.75) is 13.0 Å². The lowest BCUT2D eigenvalue weighted by atomic mass is 10.1. The van der Waals surface area contributed by atoms with E-state index in [9.17, 15) is 14.7 Å². The van der Waals surface area contributed by atoms with E-state index in [1.54, 1.807) is 39.2 Å². The van der Waals surface area contributed by atoms with Crippen LogP contribution in [0.1, 0.15) is 17.3 Å². The number of carbonyl (C=O) groups excluding carboxylic acids is 1. The van der Waals surface area contributed by atoms with Gasteiger partial charge in [0.05, 0.1) is 0 Å². The largest absolute Gasteiger partial charge is 0.479 e. The second-order valence-electron chi connectivity index (χ2n) is 4.96. The summed E-state index contributed by atoms with van der Waals surface area (Å²) in [6.45, 7) is 1.61. The molecule has 1 atom stereocenters. The number of hydrogen-bond donors (Lipinski definition) is 1. The topological polar surface area (TPSA) is 66.8 Å². The maximum absolute atomic E-state index is 11.9. The zero-order valence-corrected chi connectivity index (χ0v) is 12.2. The first-order valence-electron chi connectivity index (χ1n) is 6.54. The predicted octanol–water partition coefficient (Wildman–Crippen LogP) is 2.39. The fourth-order valence-electron chi connectivity index (χ4n) is 2.13. The Morgan fingerprint density at radius 2 is 1.81 bits per heavy atom. The number of hydrogen-bond acceptors (Lipinski definition) is 3. The Balaban J connectivity index is 2.52. The Morgan fingerprint density at radius 3 is 2.43 bits per heavy atom. The van der Waals surface area contributed by atoms with Crippen molar-refractivity contribution < 1.29 is 19.4 Å². The molecule has 0 radical (unpaired) electrons. The second-order valence-corrected chi connectivity index (χ2v) is 4.96. The van der Waals surface area contributed by atoms with E-state index in [0.717, 1.165) is 5.39 Å². The molecule has 2 aromatic rings. The summed E-state index contributed by atoms with van der Waals surface area (Å²) >= 11 is 0. The zero-order valence-electron chi connectivity index (χ0n) is 12.2. The number of ether oxygens (including phenoxy) is 1. The highest BCUT2D eigenvalue weighted by atomic mass is 16.5. The van der Waals surface area contributed by atoms with E-state index in [0.29, 0.717) is 5.39 Å². The molecule has 5 heteroatoms. The van der Waals surface area contributed by atoms with Crippen LogP contribution in [0.3, 0.4) is 0 Å². The van der Waals surface area contributed by atoms with Gasteiger partial charge in [-0.1, -0.05) is 30.3 Å². The molecule has 0 fully saturated rings. The molecule has 1 unspecified atom stereocenters. The van der Waals surface area contributed by atoms with Crippen LogP contribution < -0.4 is 4.74 Å². The van der Waals surface area contributed by atoms with Crippen molar-refractivity contribution in [3.05, 3.63) is 42.0 Å². The van der Waals surface area contributed by atoms with Gasteiger partial charge in [-0.2, -0.15) is 0 Å². The number of carboxylic acids is 1. The molecule has 0 saturated carbocycles. The van der Waals surface area contributed by atoms with E-state index >= 15 is 0 Å². The van der Waals surface area contributed by atoms with Gasteiger partial charge in [-0.05, 0) is 18.4 Å². The lowest BCUT2D eigenvalue weighted by Gasteiger charge is -2.20. The van der Waals surface area contributed by atoms with Crippen LogP contribution in [0.5, 0.6) is 5.75 Å². The molecule has 0 spiro atoms. The highest BCUT2D eigenvalue weighted by Gasteiger charge is 2.21. The summed E-state index contributed by atoms with van der Waals surface area (Å²) in [4.78, 5) is 24.7. The van der Waals surface area contributed by atoms with E-state index in [-0.39, 0.29) is 17.2 Å². The molecular formula is C16H17NO4. The van der Waals surface area contributed by atoms with Crippen molar-refractivity contribution >= 4 is 22.6 Å². The van der Waals surface area contributed by atoms with Gasteiger partial charge in [-0.3, -0.25) is 4.79 Å². The number of benzene rings is 2. The van der Waals surface area contributed by atoms with Crippen LogP contribution in [0.4, 0.5) is 0 Å². The van der Waals surface area contributed by atoms with Crippen LogP contribution in [0.15, 0.2) is 36.4 Å². The summed E-state index contributed by atoms with van der Waals surface area (Å²) in [6.07, 6.45) is -0.760. The van der Waals surface area contributed by atoms with Gasteiger partial charge in [0.25, 0.3) is 5.91 Å². The number of nitrogens with zero attached hydrogens (tertiary/aromatic N) is 1. The third-order valence-electron chi connectivity index (χ3n) is 3.19. The van der Waals surface area contributed by atoms with E-state index in [1.165, 1.54) is 11.0 Å². The zero-order chi connectivity index (χ0) is 15.6. The summed E-state index contributed by atoms with van der Waals surface area (Å²) in [5.41, 5.74) is 0.0482. The third kappa shape index (κ3) is 2.97. The van der Waals surface area contributed by atoms with Gasteiger partial charge in [0.1, 0.15) is 11.3 Å². The number of carboxylic acid groups (broad SMARTS) is 1.